The van der Waals surface area contributed by atoms with Crippen LogP contribution in [0.1, 0.15) is 26.8 Å². The van der Waals surface area contributed by atoms with Crippen molar-refractivity contribution in [3.63, 3.8) is 0 Å². The lowest BCUT2D eigenvalue weighted by Gasteiger charge is -2.25. The van der Waals surface area contributed by atoms with Crippen LogP contribution < -0.4 is 19.1 Å². The summed E-state index contributed by atoms with van der Waals surface area (Å²) in [6.07, 6.45) is 0. The Hall–Kier alpha value is -3.94. The summed E-state index contributed by atoms with van der Waals surface area (Å²) >= 11 is 3.70. The Morgan fingerprint density at radius 3 is 2.38 bits per heavy atom. The van der Waals surface area contributed by atoms with Crippen molar-refractivity contribution in [2.45, 2.75) is 16.1 Å². The second kappa shape index (κ2) is 11.7. The van der Waals surface area contributed by atoms with Crippen molar-refractivity contribution in [1.29, 1.82) is 0 Å². The number of halogens is 1. The van der Waals surface area contributed by atoms with Crippen LogP contribution in [0.4, 0.5) is 9.52 Å². The number of ether oxygens (including phenoxy) is 3. The minimum absolute atomic E-state index is 0.0996. The van der Waals surface area contributed by atoms with Gasteiger partial charge >= 0.3 is 0 Å². The fraction of sp³-hybridized carbons (Fsp3) is 0.185. The van der Waals surface area contributed by atoms with Crippen LogP contribution in [0.15, 0.2) is 69.6 Å². The van der Waals surface area contributed by atoms with Gasteiger partial charge in [-0.2, -0.15) is 0 Å². The van der Waals surface area contributed by atoms with Gasteiger partial charge in [0.25, 0.3) is 5.91 Å². The Balaban J connectivity index is 1.56. The SMILES string of the molecule is COc1cc(C2C(C(=O)c3cccs3)=C(O)C(=O)N2c2nnc(SCc3ccc(F)cc3)s2)cc(OC)c1OC. The highest BCUT2D eigenvalue weighted by Gasteiger charge is 2.47. The molecule has 5 rings (SSSR count). The number of anilines is 1. The summed E-state index contributed by atoms with van der Waals surface area (Å²) in [4.78, 5) is 28.7. The maximum absolute atomic E-state index is 13.6. The van der Waals surface area contributed by atoms with Gasteiger partial charge in [-0.05, 0) is 46.8 Å². The summed E-state index contributed by atoms with van der Waals surface area (Å²) in [7, 11) is 4.38. The summed E-state index contributed by atoms with van der Waals surface area (Å²) in [5, 5.41) is 21.4. The predicted octanol–water partition coefficient (Wildman–Crippen LogP) is 5.84. The van der Waals surface area contributed by atoms with Crippen LogP contribution in [0.2, 0.25) is 0 Å². The Bertz CT molecular complexity index is 1560. The molecular formula is C27H22FN3O6S3. The van der Waals surface area contributed by atoms with Gasteiger partial charge in [0.15, 0.2) is 21.6 Å². The van der Waals surface area contributed by atoms with Gasteiger partial charge in [0, 0.05) is 5.75 Å². The Morgan fingerprint density at radius 2 is 1.77 bits per heavy atom. The quantitative estimate of drug-likeness (QED) is 0.137. The first-order chi connectivity index (χ1) is 19.4. The molecule has 0 saturated heterocycles. The van der Waals surface area contributed by atoms with Gasteiger partial charge in [0.05, 0.1) is 37.8 Å². The van der Waals surface area contributed by atoms with Crippen LogP contribution in [0, 0.1) is 5.82 Å². The number of aliphatic hydroxyl groups excluding tert-OH is 1. The molecule has 2 aromatic heterocycles. The van der Waals surface area contributed by atoms with E-state index in [-0.39, 0.29) is 16.5 Å². The number of thioether (sulfide) groups is 1. The molecular weight excluding hydrogens is 578 g/mol. The fourth-order valence-corrected chi connectivity index (χ4v) is 6.73. The smallest absolute Gasteiger partial charge is 0.296 e. The number of carbonyl (C=O) groups is 2. The lowest BCUT2D eigenvalue weighted by molar-refractivity contribution is -0.117. The number of nitrogens with zero attached hydrogens (tertiary/aromatic N) is 3. The standard InChI is InChI=1S/C27H22FN3O6S3/c1-35-17-11-15(12-18(36-2)24(17)37-3)21-20(22(32)19-5-4-10-38-19)23(33)25(34)31(21)26-29-30-27(40-26)39-13-14-6-8-16(28)9-7-14/h4-12,21,33H,13H2,1-3H3. The third kappa shape index (κ3) is 5.15. The van der Waals surface area contributed by atoms with Gasteiger partial charge in [-0.25, -0.2) is 4.39 Å². The zero-order valence-corrected chi connectivity index (χ0v) is 23.9. The maximum Gasteiger partial charge on any atom is 0.296 e. The Kier molecular flexibility index (Phi) is 8.05. The number of rotatable bonds is 10. The van der Waals surface area contributed by atoms with Crippen LogP contribution in [0.25, 0.3) is 0 Å². The van der Waals surface area contributed by atoms with E-state index in [1.807, 2.05) is 0 Å². The van der Waals surface area contributed by atoms with Gasteiger partial charge in [0.1, 0.15) is 5.82 Å². The van der Waals surface area contributed by atoms with Crippen molar-refractivity contribution in [3.05, 3.63) is 87.1 Å². The van der Waals surface area contributed by atoms with E-state index in [1.54, 1.807) is 41.8 Å². The summed E-state index contributed by atoms with van der Waals surface area (Å²) in [5.74, 6) is -0.810. The minimum atomic E-state index is -1.06. The number of benzene rings is 2. The van der Waals surface area contributed by atoms with E-state index in [2.05, 4.69) is 10.2 Å². The Labute approximate surface area is 240 Å². The summed E-state index contributed by atoms with van der Waals surface area (Å²) in [6, 6.07) is 11.7. The molecule has 206 valence electrons. The lowest BCUT2D eigenvalue weighted by atomic mass is 9.95. The molecule has 1 atom stereocenters. The first-order valence-corrected chi connectivity index (χ1v) is 14.4. The first-order valence-electron chi connectivity index (χ1n) is 11.7. The number of carbonyl (C=O) groups excluding carboxylic acids is 2. The number of hydrogen-bond donors (Lipinski definition) is 1. The molecule has 0 saturated carbocycles. The maximum atomic E-state index is 13.6. The van der Waals surface area contributed by atoms with Crippen LogP contribution in [0.5, 0.6) is 17.2 Å². The van der Waals surface area contributed by atoms with Gasteiger partial charge in [0.2, 0.25) is 16.7 Å². The molecule has 0 spiro atoms. The molecule has 13 heteroatoms. The van der Waals surface area contributed by atoms with E-state index >= 15 is 0 Å². The molecule has 1 aliphatic heterocycles. The topological polar surface area (TPSA) is 111 Å². The zero-order chi connectivity index (χ0) is 28.4. The number of ketones is 1. The first kappa shape index (κ1) is 27.6. The summed E-state index contributed by atoms with van der Waals surface area (Å²) < 4.78 is 30.2. The highest BCUT2D eigenvalue weighted by atomic mass is 32.2. The fourth-order valence-electron chi connectivity index (χ4n) is 4.23. The van der Waals surface area contributed by atoms with Crippen molar-refractivity contribution in [3.8, 4) is 17.2 Å². The highest BCUT2D eigenvalue weighted by molar-refractivity contribution is 8.00. The molecule has 0 fully saturated rings. The number of amides is 1. The lowest BCUT2D eigenvalue weighted by Crippen LogP contribution is -2.31. The van der Waals surface area contributed by atoms with Crippen LogP contribution in [0.3, 0.4) is 0 Å². The normalized spacial score (nSPS) is 15.1. The third-order valence-electron chi connectivity index (χ3n) is 6.08. The third-order valence-corrected chi connectivity index (χ3v) is 9.07. The molecule has 3 heterocycles. The molecule has 4 aromatic rings. The van der Waals surface area contributed by atoms with E-state index in [0.717, 1.165) is 16.9 Å². The highest BCUT2D eigenvalue weighted by Crippen LogP contribution is 2.48. The molecule has 1 amide bonds. The average Bonchev–Trinajstić information content (AvgIpc) is 3.72. The summed E-state index contributed by atoms with van der Waals surface area (Å²) in [6.45, 7) is 0. The number of hydrogen-bond acceptors (Lipinski definition) is 11. The van der Waals surface area contributed by atoms with E-state index in [0.29, 0.717) is 37.8 Å². The van der Waals surface area contributed by atoms with Crippen molar-refractivity contribution >= 4 is 51.3 Å². The van der Waals surface area contributed by atoms with E-state index in [4.69, 9.17) is 14.2 Å². The van der Waals surface area contributed by atoms with Crippen molar-refractivity contribution in [2.24, 2.45) is 0 Å². The number of thiophene rings is 1. The molecule has 0 bridgehead atoms. The van der Waals surface area contributed by atoms with Crippen LogP contribution in [-0.2, 0) is 10.5 Å². The molecule has 40 heavy (non-hydrogen) atoms. The molecule has 9 nitrogen and oxygen atoms in total. The van der Waals surface area contributed by atoms with Gasteiger partial charge in [-0.1, -0.05) is 41.3 Å². The second-order valence-corrected chi connectivity index (χ2v) is 11.5. The minimum Gasteiger partial charge on any atom is -0.503 e. The van der Waals surface area contributed by atoms with Crippen molar-refractivity contribution < 1.29 is 33.3 Å². The molecule has 1 unspecified atom stereocenters. The Morgan fingerprint density at radius 1 is 1.07 bits per heavy atom. The van der Waals surface area contributed by atoms with E-state index in [9.17, 15) is 19.1 Å². The predicted molar refractivity (Wildman–Crippen MR) is 150 cm³/mol. The zero-order valence-electron chi connectivity index (χ0n) is 21.4. The molecule has 0 aliphatic carbocycles. The van der Waals surface area contributed by atoms with Crippen LogP contribution >= 0.6 is 34.4 Å². The molecule has 1 aliphatic rings. The van der Waals surface area contributed by atoms with Crippen molar-refractivity contribution in [1.82, 2.24) is 10.2 Å². The van der Waals surface area contributed by atoms with E-state index in [1.165, 1.54) is 61.5 Å². The largest absolute Gasteiger partial charge is 0.503 e. The molecule has 0 radical (unpaired) electrons. The second-order valence-electron chi connectivity index (χ2n) is 8.37. The number of methoxy groups -OCH3 is 3. The van der Waals surface area contributed by atoms with Gasteiger partial charge < -0.3 is 19.3 Å². The molecule has 2 aromatic carbocycles. The number of aromatic nitrogens is 2. The monoisotopic (exact) mass is 599 g/mol. The molecule has 1 N–H and O–H groups in total. The van der Waals surface area contributed by atoms with Gasteiger partial charge in [-0.3, -0.25) is 14.5 Å². The number of Topliss-reactive ketones (excluding diaryl/α,β-unsaturated/α-hetero) is 1. The van der Waals surface area contributed by atoms with Crippen molar-refractivity contribution in [2.75, 3.05) is 26.2 Å². The number of aliphatic hydroxyl groups is 1. The van der Waals surface area contributed by atoms with E-state index < -0.39 is 23.5 Å². The summed E-state index contributed by atoms with van der Waals surface area (Å²) in [5.41, 5.74) is 1.22. The van der Waals surface area contributed by atoms with Gasteiger partial charge in [-0.15, -0.1) is 21.5 Å². The average molecular weight is 600 g/mol. The van der Waals surface area contributed by atoms with Crippen LogP contribution in [-0.4, -0.2) is 48.3 Å².